The van der Waals surface area contributed by atoms with E-state index in [1.54, 1.807) is 12.1 Å². The van der Waals surface area contributed by atoms with Crippen molar-refractivity contribution in [2.45, 2.75) is 39.7 Å². The Kier molecular flexibility index (Phi) is 6.31. The number of hydrogen-bond acceptors (Lipinski definition) is 4. The summed E-state index contributed by atoms with van der Waals surface area (Å²) in [6.45, 7) is 6.14. The summed E-state index contributed by atoms with van der Waals surface area (Å²) in [6.07, 6.45) is 1.24. The van der Waals surface area contributed by atoms with E-state index >= 15 is 0 Å². The van der Waals surface area contributed by atoms with Crippen molar-refractivity contribution >= 4 is 11.7 Å². The Morgan fingerprint density at radius 3 is 2.71 bits per heavy atom. The Morgan fingerprint density at radius 2 is 2.08 bits per heavy atom. The number of rotatable bonds is 7. The van der Waals surface area contributed by atoms with Crippen molar-refractivity contribution in [3.63, 3.8) is 0 Å². The van der Waals surface area contributed by atoms with E-state index in [0.29, 0.717) is 11.5 Å². The quantitative estimate of drug-likeness (QED) is 0.626. The molecule has 0 aliphatic heterocycles. The minimum absolute atomic E-state index is 0.197. The summed E-state index contributed by atoms with van der Waals surface area (Å²) in [4.78, 5) is 16.3. The van der Waals surface area contributed by atoms with E-state index < -0.39 is 6.10 Å². The summed E-state index contributed by atoms with van der Waals surface area (Å²) in [7, 11) is 0. The number of nitrogens with zero attached hydrogens (tertiary/aromatic N) is 2. The van der Waals surface area contributed by atoms with E-state index in [1.165, 1.54) is 0 Å². The Balaban J connectivity index is 1.92. The number of aromatic nitrogens is 3. The Labute approximate surface area is 141 Å². The second-order valence-corrected chi connectivity index (χ2v) is 5.80. The lowest BCUT2D eigenvalue weighted by molar-refractivity contribution is 0.104. The molecule has 130 valence electrons. The van der Waals surface area contributed by atoms with Gasteiger partial charge in [0, 0.05) is 17.8 Å². The van der Waals surface area contributed by atoms with Gasteiger partial charge in [0.2, 0.25) is 0 Å². The second kappa shape index (κ2) is 8.44. The molecule has 1 aromatic carbocycles. The lowest BCUT2D eigenvalue weighted by Crippen LogP contribution is -2.38. The van der Waals surface area contributed by atoms with Gasteiger partial charge in [-0.1, -0.05) is 38.8 Å². The summed E-state index contributed by atoms with van der Waals surface area (Å²) >= 11 is 0. The van der Waals surface area contributed by atoms with Crippen LogP contribution in [0.5, 0.6) is 0 Å². The lowest BCUT2D eigenvalue weighted by atomic mass is 9.97. The highest BCUT2D eigenvalue weighted by Crippen LogP contribution is 2.19. The maximum atomic E-state index is 12.0. The second-order valence-electron chi connectivity index (χ2n) is 5.80. The Bertz CT molecular complexity index is 667. The third kappa shape index (κ3) is 4.79. The van der Waals surface area contributed by atoms with Crippen molar-refractivity contribution in [3.8, 4) is 11.4 Å². The number of carbonyl (C=O) groups is 1. The molecular weight excluding hydrogens is 306 g/mol. The van der Waals surface area contributed by atoms with E-state index in [9.17, 15) is 9.90 Å². The highest BCUT2D eigenvalue weighted by molar-refractivity contribution is 5.89. The highest BCUT2D eigenvalue weighted by Gasteiger charge is 2.16. The number of aromatic amines is 1. The molecule has 1 atom stereocenters. The number of aliphatic hydroxyl groups is 1. The van der Waals surface area contributed by atoms with Gasteiger partial charge >= 0.3 is 6.03 Å². The minimum Gasteiger partial charge on any atom is -0.391 e. The predicted octanol–water partition coefficient (Wildman–Crippen LogP) is 2.70. The molecule has 0 radical (unpaired) electrons. The van der Waals surface area contributed by atoms with Crippen LogP contribution in [0.4, 0.5) is 10.5 Å². The zero-order valence-electron chi connectivity index (χ0n) is 14.3. The standard InChI is InChI=1S/C17H25N5O2/c1-4-12(5-2)15(23)10-18-17(24)20-14-8-6-7-13(9-14)16-19-11(3)21-22-16/h6-9,12,15,23H,4-5,10H2,1-3H3,(H2,18,20,24)(H,19,21,22). The van der Waals surface area contributed by atoms with Gasteiger partial charge in [-0.2, -0.15) is 5.10 Å². The molecule has 0 saturated carbocycles. The SMILES string of the molecule is CCC(CC)C(O)CNC(=O)Nc1cccc(-c2n[nH]c(C)n2)c1. The van der Waals surface area contributed by atoms with Crippen LogP contribution >= 0.6 is 0 Å². The third-order valence-corrected chi connectivity index (χ3v) is 4.04. The fourth-order valence-electron chi connectivity index (χ4n) is 2.58. The molecular formula is C17H25N5O2. The van der Waals surface area contributed by atoms with Crippen molar-refractivity contribution in [1.82, 2.24) is 20.5 Å². The van der Waals surface area contributed by atoms with Gasteiger partial charge < -0.3 is 15.7 Å². The van der Waals surface area contributed by atoms with Gasteiger partial charge in [-0.15, -0.1) is 0 Å². The van der Waals surface area contributed by atoms with Gasteiger partial charge in [0.05, 0.1) is 6.10 Å². The average Bonchev–Trinajstić information content (AvgIpc) is 3.01. The van der Waals surface area contributed by atoms with Crippen LogP contribution in [0.3, 0.4) is 0 Å². The molecule has 0 fully saturated rings. The molecule has 0 saturated heterocycles. The summed E-state index contributed by atoms with van der Waals surface area (Å²) in [5.41, 5.74) is 1.46. The normalized spacial score (nSPS) is 12.2. The van der Waals surface area contributed by atoms with Crippen molar-refractivity contribution in [2.75, 3.05) is 11.9 Å². The van der Waals surface area contributed by atoms with Crippen LogP contribution in [0.15, 0.2) is 24.3 Å². The summed E-state index contributed by atoms with van der Waals surface area (Å²) in [6, 6.07) is 6.96. The smallest absolute Gasteiger partial charge is 0.319 e. The molecule has 7 heteroatoms. The topological polar surface area (TPSA) is 103 Å². The molecule has 2 amide bonds. The molecule has 4 N–H and O–H groups in total. The van der Waals surface area contributed by atoms with Crippen molar-refractivity contribution in [3.05, 3.63) is 30.1 Å². The molecule has 0 aliphatic carbocycles. The van der Waals surface area contributed by atoms with Crippen molar-refractivity contribution in [1.29, 1.82) is 0 Å². The predicted molar refractivity (Wildman–Crippen MR) is 93.7 cm³/mol. The summed E-state index contributed by atoms with van der Waals surface area (Å²) in [5.74, 6) is 1.51. The van der Waals surface area contributed by atoms with Crippen LogP contribution in [0.1, 0.15) is 32.5 Å². The monoisotopic (exact) mass is 331 g/mol. The summed E-state index contributed by atoms with van der Waals surface area (Å²) in [5, 5.41) is 22.4. The van der Waals surface area contributed by atoms with Crippen molar-refractivity contribution in [2.24, 2.45) is 5.92 Å². The molecule has 24 heavy (non-hydrogen) atoms. The lowest BCUT2D eigenvalue weighted by Gasteiger charge is -2.20. The number of hydrogen-bond donors (Lipinski definition) is 4. The number of H-pyrrole nitrogens is 1. The van der Waals surface area contributed by atoms with Crippen LogP contribution in [0.25, 0.3) is 11.4 Å². The molecule has 7 nitrogen and oxygen atoms in total. The molecule has 2 aromatic rings. The van der Waals surface area contributed by atoms with Crippen LogP contribution < -0.4 is 10.6 Å². The molecule has 2 rings (SSSR count). The van der Waals surface area contributed by atoms with E-state index in [0.717, 1.165) is 24.2 Å². The van der Waals surface area contributed by atoms with E-state index in [2.05, 4.69) is 25.8 Å². The largest absolute Gasteiger partial charge is 0.391 e. The maximum absolute atomic E-state index is 12.0. The zero-order chi connectivity index (χ0) is 17.5. The number of urea groups is 1. The first-order valence-corrected chi connectivity index (χ1v) is 8.25. The fraction of sp³-hybridized carbons (Fsp3) is 0.471. The van der Waals surface area contributed by atoms with Crippen LogP contribution in [0.2, 0.25) is 0 Å². The zero-order valence-corrected chi connectivity index (χ0v) is 14.3. The number of nitrogens with one attached hydrogen (secondary N) is 3. The number of benzene rings is 1. The average molecular weight is 331 g/mol. The van der Waals surface area contributed by atoms with E-state index in [-0.39, 0.29) is 18.5 Å². The first-order chi connectivity index (χ1) is 11.5. The maximum Gasteiger partial charge on any atom is 0.319 e. The van der Waals surface area contributed by atoms with Crippen LogP contribution in [0, 0.1) is 12.8 Å². The van der Waals surface area contributed by atoms with Gasteiger partial charge in [-0.05, 0) is 25.0 Å². The number of carbonyl (C=O) groups excluding carboxylic acids is 1. The Morgan fingerprint density at radius 1 is 1.33 bits per heavy atom. The number of aliphatic hydroxyl groups excluding tert-OH is 1. The van der Waals surface area contributed by atoms with Gasteiger partial charge in [-0.3, -0.25) is 5.10 Å². The molecule has 0 bridgehead atoms. The highest BCUT2D eigenvalue weighted by atomic mass is 16.3. The first kappa shape index (κ1) is 17.9. The minimum atomic E-state index is -0.534. The number of anilines is 1. The van der Waals surface area contributed by atoms with E-state index in [1.807, 2.05) is 32.9 Å². The fourth-order valence-corrected chi connectivity index (χ4v) is 2.58. The van der Waals surface area contributed by atoms with Gasteiger partial charge in [0.25, 0.3) is 0 Å². The molecule has 1 aromatic heterocycles. The molecule has 0 aliphatic rings. The number of aryl methyl sites for hydroxylation is 1. The van der Waals surface area contributed by atoms with Gasteiger partial charge in [0.15, 0.2) is 5.82 Å². The first-order valence-electron chi connectivity index (χ1n) is 8.25. The third-order valence-electron chi connectivity index (χ3n) is 4.04. The van der Waals surface area contributed by atoms with E-state index in [4.69, 9.17) is 0 Å². The molecule has 1 heterocycles. The van der Waals surface area contributed by atoms with Crippen molar-refractivity contribution < 1.29 is 9.90 Å². The number of amides is 2. The molecule has 1 unspecified atom stereocenters. The summed E-state index contributed by atoms with van der Waals surface area (Å²) < 4.78 is 0. The van der Waals surface area contributed by atoms with Crippen LogP contribution in [-0.2, 0) is 0 Å². The Hall–Kier alpha value is -2.41. The van der Waals surface area contributed by atoms with Gasteiger partial charge in [0.1, 0.15) is 5.82 Å². The van der Waals surface area contributed by atoms with Gasteiger partial charge in [-0.25, -0.2) is 9.78 Å². The molecule has 0 spiro atoms. The van der Waals surface area contributed by atoms with Crippen LogP contribution in [-0.4, -0.2) is 39.0 Å².